The van der Waals surface area contributed by atoms with E-state index in [4.69, 9.17) is 5.11 Å². The van der Waals surface area contributed by atoms with Gasteiger partial charge in [0, 0.05) is 11.6 Å². The summed E-state index contributed by atoms with van der Waals surface area (Å²) in [6, 6.07) is 0. The van der Waals surface area contributed by atoms with Crippen LogP contribution in [0.15, 0.2) is 11.6 Å². The summed E-state index contributed by atoms with van der Waals surface area (Å²) in [4.78, 5) is 10.5. The molecule has 56 valence electrons. The smallest absolute Gasteiger partial charge is 0.333 e. The van der Waals surface area contributed by atoms with Crippen molar-refractivity contribution < 1.29 is 14.6 Å². The highest BCUT2D eigenvalue weighted by Crippen LogP contribution is 2.20. The van der Waals surface area contributed by atoms with Gasteiger partial charge in [-0.05, 0) is 5.92 Å². The van der Waals surface area contributed by atoms with Crippen molar-refractivity contribution in [3.05, 3.63) is 11.6 Å². The highest BCUT2D eigenvalue weighted by atomic mass is 16.6. The molecule has 1 unspecified atom stereocenters. The van der Waals surface area contributed by atoms with Gasteiger partial charge in [0.15, 0.2) is 0 Å². The molecule has 0 aromatic carbocycles. The molecule has 0 aromatic heterocycles. The van der Waals surface area contributed by atoms with Crippen LogP contribution in [0, 0.1) is 5.92 Å². The average Bonchev–Trinajstić information content (AvgIpc) is 2.10. The van der Waals surface area contributed by atoms with Crippen molar-refractivity contribution in [2.24, 2.45) is 5.92 Å². The Labute approximate surface area is 59.3 Å². The quantitative estimate of drug-likeness (QED) is 0.540. The fourth-order valence-corrected chi connectivity index (χ4v) is 0.871. The largest absolute Gasteiger partial charge is 0.429 e. The summed E-state index contributed by atoms with van der Waals surface area (Å²) in [5.41, 5.74) is 0.657. The number of aliphatic hydroxyl groups excluding tert-OH is 1. The molecule has 0 radical (unpaired) electrons. The fraction of sp³-hybridized carbons (Fsp3) is 0.571. The first-order valence-electron chi connectivity index (χ1n) is 3.21. The zero-order chi connectivity index (χ0) is 7.72. The molecular weight excluding hydrogens is 132 g/mol. The Morgan fingerprint density at radius 1 is 1.70 bits per heavy atom. The predicted molar refractivity (Wildman–Crippen MR) is 35.0 cm³/mol. The van der Waals surface area contributed by atoms with Crippen molar-refractivity contribution in [2.75, 3.05) is 0 Å². The minimum absolute atomic E-state index is 0.168. The molecule has 3 nitrogen and oxygen atoms in total. The third-order valence-corrected chi connectivity index (χ3v) is 1.46. The van der Waals surface area contributed by atoms with Gasteiger partial charge in [0.25, 0.3) is 0 Å². The van der Waals surface area contributed by atoms with Crippen LogP contribution in [-0.4, -0.2) is 17.4 Å². The van der Waals surface area contributed by atoms with Gasteiger partial charge in [-0.1, -0.05) is 13.8 Å². The van der Waals surface area contributed by atoms with E-state index in [-0.39, 0.29) is 5.92 Å². The van der Waals surface area contributed by atoms with Crippen LogP contribution in [0.25, 0.3) is 0 Å². The second-order valence-electron chi connectivity index (χ2n) is 2.59. The lowest BCUT2D eigenvalue weighted by atomic mass is 10.0. The van der Waals surface area contributed by atoms with Crippen LogP contribution < -0.4 is 0 Å². The van der Waals surface area contributed by atoms with E-state index in [1.807, 2.05) is 13.8 Å². The number of hydrogen-bond donors (Lipinski definition) is 1. The lowest BCUT2D eigenvalue weighted by molar-refractivity contribution is -0.151. The topological polar surface area (TPSA) is 46.5 Å². The standard InChI is InChI=1S/C7H10O3/c1-4(2)5-3-6(8)10-7(5)9/h3-4,7,9H,1-2H3. The van der Waals surface area contributed by atoms with E-state index in [1.54, 1.807) is 0 Å². The SMILES string of the molecule is CC(C)C1=CC(=O)OC1O. The molecule has 0 fully saturated rings. The molecule has 1 atom stereocenters. The molecule has 1 N–H and O–H groups in total. The molecule has 1 rings (SSSR count). The number of ether oxygens (including phenoxy) is 1. The van der Waals surface area contributed by atoms with E-state index in [0.717, 1.165) is 0 Å². The van der Waals surface area contributed by atoms with Crippen LogP contribution in [0.3, 0.4) is 0 Å². The van der Waals surface area contributed by atoms with Crippen LogP contribution >= 0.6 is 0 Å². The summed E-state index contributed by atoms with van der Waals surface area (Å²) < 4.78 is 4.46. The minimum atomic E-state index is -1.01. The van der Waals surface area contributed by atoms with Crippen LogP contribution in [0.2, 0.25) is 0 Å². The summed E-state index contributed by atoms with van der Waals surface area (Å²) in [5.74, 6) is -0.280. The van der Waals surface area contributed by atoms with Crippen molar-refractivity contribution >= 4 is 5.97 Å². The van der Waals surface area contributed by atoms with E-state index in [1.165, 1.54) is 6.08 Å². The van der Waals surface area contributed by atoms with E-state index >= 15 is 0 Å². The molecule has 10 heavy (non-hydrogen) atoms. The molecule has 0 bridgehead atoms. The van der Waals surface area contributed by atoms with Crippen molar-refractivity contribution in [1.82, 2.24) is 0 Å². The number of rotatable bonds is 1. The Morgan fingerprint density at radius 2 is 2.30 bits per heavy atom. The Morgan fingerprint density at radius 3 is 2.50 bits per heavy atom. The van der Waals surface area contributed by atoms with Crippen LogP contribution in [-0.2, 0) is 9.53 Å². The molecule has 1 aliphatic heterocycles. The van der Waals surface area contributed by atoms with E-state index in [0.29, 0.717) is 5.57 Å². The normalized spacial score (nSPS) is 25.0. The molecule has 1 aliphatic rings. The average molecular weight is 142 g/mol. The van der Waals surface area contributed by atoms with E-state index < -0.39 is 12.3 Å². The van der Waals surface area contributed by atoms with Gasteiger partial charge in [0.1, 0.15) is 0 Å². The van der Waals surface area contributed by atoms with Crippen molar-refractivity contribution in [1.29, 1.82) is 0 Å². The number of esters is 1. The Bertz CT molecular complexity index is 181. The fourth-order valence-electron chi connectivity index (χ4n) is 0.871. The summed E-state index contributed by atoms with van der Waals surface area (Å²) in [7, 11) is 0. The first kappa shape index (κ1) is 7.28. The van der Waals surface area contributed by atoms with Crippen molar-refractivity contribution in [2.45, 2.75) is 20.1 Å². The molecule has 1 heterocycles. The molecule has 0 amide bonds. The van der Waals surface area contributed by atoms with Crippen molar-refractivity contribution in [3.63, 3.8) is 0 Å². The van der Waals surface area contributed by atoms with Gasteiger partial charge in [-0.2, -0.15) is 0 Å². The summed E-state index contributed by atoms with van der Waals surface area (Å²) >= 11 is 0. The molecule has 0 aromatic rings. The van der Waals surface area contributed by atoms with Gasteiger partial charge in [-0.15, -0.1) is 0 Å². The molecule has 0 spiro atoms. The Kier molecular flexibility index (Phi) is 1.76. The van der Waals surface area contributed by atoms with Crippen LogP contribution in [0.5, 0.6) is 0 Å². The molecule has 0 saturated carbocycles. The zero-order valence-electron chi connectivity index (χ0n) is 6.00. The highest BCUT2D eigenvalue weighted by molar-refractivity contribution is 5.85. The van der Waals surface area contributed by atoms with Crippen LogP contribution in [0.4, 0.5) is 0 Å². The Balaban J connectivity index is 2.75. The lowest BCUT2D eigenvalue weighted by Gasteiger charge is -2.09. The molecular formula is C7H10O3. The minimum Gasteiger partial charge on any atom is -0.429 e. The van der Waals surface area contributed by atoms with E-state index in [9.17, 15) is 4.79 Å². The maximum absolute atomic E-state index is 10.5. The predicted octanol–water partition coefficient (Wildman–Crippen LogP) is 0.444. The first-order chi connectivity index (χ1) is 4.61. The van der Waals surface area contributed by atoms with Gasteiger partial charge in [0.05, 0.1) is 0 Å². The maximum atomic E-state index is 10.5. The summed E-state index contributed by atoms with van der Waals surface area (Å²) in [5, 5.41) is 9.02. The second-order valence-corrected chi connectivity index (χ2v) is 2.59. The zero-order valence-corrected chi connectivity index (χ0v) is 6.00. The number of cyclic esters (lactones) is 1. The van der Waals surface area contributed by atoms with Gasteiger partial charge in [-0.25, -0.2) is 4.79 Å². The van der Waals surface area contributed by atoms with Gasteiger partial charge < -0.3 is 9.84 Å². The third-order valence-electron chi connectivity index (χ3n) is 1.46. The third kappa shape index (κ3) is 1.19. The molecule has 0 aliphatic carbocycles. The number of hydrogen-bond acceptors (Lipinski definition) is 3. The number of carbonyl (C=O) groups excluding carboxylic acids is 1. The first-order valence-corrected chi connectivity index (χ1v) is 3.21. The highest BCUT2D eigenvalue weighted by Gasteiger charge is 2.25. The number of carbonyl (C=O) groups is 1. The van der Waals surface area contributed by atoms with Crippen LogP contribution in [0.1, 0.15) is 13.8 Å². The lowest BCUT2D eigenvalue weighted by Crippen LogP contribution is -2.13. The molecule has 0 saturated heterocycles. The van der Waals surface area contributed by atoms with Gasteiger partial charge in [-0.3, -0.25) is 0 Å². The van der Waals surface area contributed by atoms with E-state index in [2.05, 4.69) is 4.74 Å². The Hall–Kier alpha value is -0.830. The summed E-state index contributed by atoms with van der Waals surface area (Å²) in [6.45, 7) is 3.80. The van der Waals surface area contributed by atoms with Gasteiger partial charge >= 0.3 is 5.97 Å². The molecule has 3 heteroatoms. The number of aliphatic hydroxyl groups is 1. The second kappa shape index (κ2) is 2.42. The van der Waals surface area contributed by atoms with Gasteiger partial charge in [0.2, 0.25) is 6.29 Å². The summed E-state index contributed by atoms with van der Waals surface area (Å²) in [6.07, 6.45) is 0.336. The van der Waals surface area contributed by atoms with Crippen molar-refractivity contribution in [3.8, 4) is 0 Å². The maximum Gasteiger partial charge on any atom is 0.333 e. The monoisotopic (exact) mass is 142 g/mol.